The van der Waals surface area contributed by atoms with Gasteiger partial charge in [0.15, 0.2) is 0 Å². The number of hydrogen-bond acceptors (Lipinski definition) is 10. The first-order valence-electron chi connectivity index (χ1n) is 19.2. The van der Waals surface area contributed by atoms with Gasteiger partial charge in [-0.05, 0) is 51.4 Å². The molecule has 0 spiro atoms. The lowest BCUT2D eigenvalue weighted by atomic mass is 10.3. The average Bonchev–Trinajstić information content (AvgIpc) is 4.02. The molecule has 2 aliphatic heterocycles. The summed E-state index contributed by atoms with van der Waals surface area (Å²) >= 11 is 0. The molecule has 10 nitrogen and oxygen atoms in total. The van der Waals surface area contributed by atoms with E-state index in [1.165, 1.54) is 0 Å². The van der Waals surface area contributed by atoms with Gasteiger partial charge in [0.2, 0.25) is 0 Å². The van der Waals surface area contributed by atoms with Gasteiger partial charge in [-0.2, -0.15) is 0 Å². The molecule has 0 aliphatic carbocycles. The third-order valence-electron chi connectivity index (χ3n) is 7.59. The number of unbranched alkanes of at least 4 members (excludes halogenated alkanes) is 3. The molecule has 2 heterocycles. The van der Waals surface area contributed by atoms with Gasteiger partial charge in [0.05, 0.1) is 26.4 Å². The third-order valence-corrected chi connectivity index (χ3v) is 13.7. The van der Waals surface area contributed by atoms with Gasteiger partial charge in [0.25, 0.3) is 0 Å². The van der Waals surface area contributed by atoms with Gasteiger partial charge in [-0.15, -0.1) is 0 Å². The van der Waals surface area contributed by atoms with Gasteiger partial charge < -0.3 is 45.5 Å². The largest absolute Gasteiger partial charge is 0.531 e. The van der Waals surface area contributed by atoms with Crippen LogP contribution >= 0.6 is 0 Å². The molecule has 2 rings (SSSR count). The SMILES string of the molecule is CCCCO[Si](OCCCC)(OCCCC)C(CCC)OCC1CO1.CCCO[Si](OCCC)(OCCC)C(CCC)OCC1CO1. The minimum absolute atomic E-state index is 0.0905. The number of epoxide rings is 2. The van der Waals surface area contributed by atoms with Gasteiger partial charge in [-0.25, -0.2) is 0 Å². The molecule has 0 saturated carbocycles. The first-order valence-corrected chi connectivity index (χ1v) is 22.8. The standard InChI is InChI=1S/C19H40O5Si.C16H34O5Si/c1-5-9-13-22-25(23-14-10-6-2,24-15-11-7-3)19(12-8-4)21-17-18-16-20-18;1-5-9-16(18-14-15-13-17-15)22(19-10-6-2,20-11-7-3)21-12-8-4/h18-19H,5-17H2,1-4H3;15-16H,5-14H2,1-4H3. The highest BCUT2D eigenvalue weighted by Gasteiger charge is 2.52. The van der Waals surface area contributed by atoms with Crippen molar-refractivity contribution in [3.8, 4) is 0 Å². The van der Waals surface area contributed by atoms with Crippen molar-refractivity contribution in [3.05, 3.63) is 0 Å². The lowest BCUT2D eigenvalue weighted by molar-refractivity contribution is -0.0231. The first kappa shape index (κ1) is 45.1. The van der Waals surface area contributed by atoms with Crippen molar-refractivity contribution in [2.45, 2.75) is 163 Å². The van der Waals surface area contributed by atoms with Crippen molar-refractivity contribution in [1.29, 1.82) is 0 Å². The van der Waals surface area contributed by atoms with Crippen LogP contribution < -0.4 is 0 Å². The summed E-state index contributed by atoms with van der Waals surface area (Å²) in [4.78, 5) is 0. The van der Waals surface area contributed by atoms with Crippen molar-refractivity contribution >= 4 is 17.6 Å². The van der Waals surface area contributed by atoms with Crippen molar-refractivity contribution in [1.82, 2.24) is 0 Å². The van der Waals surface area contributed by atoms with Crippen LogP contribution in [0.3, 0.4) is 0 Å². The fraction of sp³-hybridized carbons (Fsp3) is 1.00. The Kier molecular flexibility index (Phi) is 27.5. The maximum absolute atomic E-state index is 6.36. The first-order chi connectivity index (χ1) is 22.9. The van der Waals surface area contributed by atoms with Crippen LogP contribution in [-0.2, 0) is 45.5 Å². The molecule has 2 saturated heterocycles. The van der Waals surface area contributed by atoms with E-state index in [0.717, 1.165) is 96.7 Å². The summed E-state index contributed by atoms with van der Waals surface area (Å²) in [6.45, 7) is 24.0. The fourth-order valence-corrected chi connectivity index (χ4v) is 10.9. The van der Waals surface area contributed by atoms with E-state index >= 15 is 0 Å². The molecular formula is C35H74O10Si2. The van der Waals surface area contributed by atoms with Crippen molar-refractivity contribution in [3.63, 3.8) is 0 Å². The van der Waals surface area contributed by atoms with E-state index in [0.29, 0.717) is 52.9 Å². The zero-order valence-corrected chi connectivity index (χ0v) is 33.7. The van der Waals surface area contributed by atoms with Crippen LogP contribution in [0.5, 0.6) is 0 Å². The molecule has 0 bridgehead atoms. The van der Waals surface area contributed by atoms with E-state index in [4.69, 9.17) is 45.5 Å². The van der Waals surface area contributed by atoms with E-state index in [1.54, 1.807) is 0 Å². The smallest absolute Gasteiger partial charge is 0.372 e. The molecule has 0 N–H and O–H groups in total. The van der Waals surface area contributed by atoms with E-state index in [1.807, 2.05) is 0 Å². The van der Waals surface area contributed by atoms with Gasteiger partial charge in [0, 0.05) is 39.6 Å². The predicted octanol–water partition coefficient (Wildman–Crippen LogP) is 7.83. The molecular weight excluding hydrogens is 637 g/mol. The van der Waals surface area contributed by atoms with Crippen LogP contribution in [0.2, 0.25) is 0 Å². The molecule has 47 heavy (non-hydrogen) atoms. The lowest BCUT2D eigenvalue weighted by Gasteiger charge is -2.36. The van der Waals surface area contributed by atoms with Crippen LogP contribution in [0, 0.1) is 0 Å². The summed E-state index contributed by atoms with van der Waals surface area (Å²) < 4.78 is 60.5. The second-order valence-electron chi connectivity index (χ2n) is 12.5. The maximum Gasteiger partial charge on any atom is 0.531 e. The molecule has 0 amide bonds. The molecule has 4 unspecified atom stereocenters. The Morgan fingerprint density at radius 2 is 0.745 bits per heavy atom. The Morgan fingerprint density at radius 3 is 0.979 bits per heavy atom. The van der Waals surface area contributed by atoms with Crippen LogP contribution in [0.15, 0.2) is 0 Å². The third kappa shape index (κ3) is 19.9. The molecule has 2 fully saturated rings. The second kappa shape index (κ2) is 28.7. The van der Waals surface area contributed by atoms with Crippen molar-refractivity contribution in [2.75, 3.05) is 66.1 Å². The Morgan fingerprint density at radius 1 is 0.447 bits per heavy atom. The minimum Gasteiger partial charge on any atom is -0.372 e. The topological polar surface area (TPSA) is 98.9 Å². The molecule has 4 atom stereocenters. The maximum atomic E-state index is 6.36. The van der Waals surface area contributed by atoms with E-state index < -0.39 is 17.6 Å². The predicted molar refractivity (Wildman–Crippen MR) is 192 cm³/mol. The highest BCUT2D eigenvalue weighted by Crippen LogP contribution is 2.26. The molecule has 0 aromatic rings. The van der Waals surface area contributed by atoms with Crippen LogP contribution in [0.4, 0.5) is 0 Å². The summed E-state index contributed by atoms with van der Waals surface area (Å²) in [5, 5.41) is 0. The van der Waals surface area contributed by atoms with Gasteiger partial charge in [-0.3, -0.25) is 0 Å². The highest BCUT2D eigenvalue weighted by molar-refractivity contribution is 6.62. The van der Waals surface area contributed by atoms with E-state index in [9.17, 15) is 0 Å². The Bertz CT molecular complexity index is 651. The number of hydrogen-bond donors (Lipinski definition) is 0. The Hall–Kier alpha value is 0.0338. The highest BCUT2D eigenvalue weighted by atomic mass is 28.4. The van der Waals surface area contributed by atoms with Crippen LogP contribution in [0.25, 0.3) is 0 Å². The van der Waals surface area contributed by atoms with Gasteiger partial charge >= 0.3 is 17.6 Å². The lowest BCUT2D eigenvalue weighted by Crippen LogP contribution is -2.58. The molecule has 0 aromatic carbocycles. The summed E-state index contributed by atoms with van der Waals surface area (Å²) in [6, 6.07) is 0. The molecule has 0 aromatic heterocycles. The summed E-state index contributed by atoms with van der Waals surface area (Å²) in [5.41, 5.74) is -0.182. The molecule has 2 aliphatic rings. The van der Waals surface area contributed by atoms with Crippen molar-refractivity contribution in [2.24, 2.45) is 0 Å². The summed E-state index contributed by atoms with van der Waals surface area (Å²) in [5.74, 6) is 0. The molecule has 12 heteroatoms. The number of ether oxygens (including phenoxy) is 4. The quantitative estimate of drug-likeness (QED) is 0.0381. The Labute approximate surface area is 291 Å². The normalized spacial score (nSPS) is 18.9. The zero-order valence-electron chi connectivity index (χ0n) is 31.7. The van der Waals surface area contributed by atoms with E-state index in [-0.39, 0.29) is 23.7 Å². The van der Waals surface area contributed by atoms with Crippen LogP contribution in [-0.4, -0.2) is 107 Å². The fourth-order valence-electron chi connectivity index (χ4n) is 4.64. The van der Waals surface area contributed by atoms with Crippen molar-refractivity contribution < 1.29 is 45.5 Å². The monoisotopic (exact) mass is 710 g/mol. The summed E-state index contributed by atoms with van der Waals surface area (Å²) in [7, 11) is -5.70. The van der Waals surface area contributed by atoms with E-state index in [2.05, 4.69) is 55.4 Å². The average molecular weight is 711 g/mol. The van der Waals surface area contributed by atoms with Gasteiger partial charge in [0.1, 0.15) is 23.7 Å². The minimum atomic E-state index is -2.87. The van der Waals surface area contributed by atoms with Crippen LogP contribution in [0.1, 0.15) is 139 Å². The molecule has 282 valence electrons. The van der Waals surface area contributed by atoms with Gasteiger partial charge in [-0.1, -0.05) is 87.5 Å². The second-order valence-corrected chi connectivity index (χ2v) is 17.9. The zero-order chi connectivity index (χ0) is 34.6. The summed E-state index contributed by atoms with van der Waals surface area (Å²) in [6.07, 6.45) is 13.5. The molecule has 0 radical (unpaired) electrons. The Balaban J connectivity index is 0.000000474. The number of rotatable bonds is 33.